The molecule has 2 aliphatic rings. The van der Waals surface area contributed by atoms with Crippen molar-refractivity contribution in [2.75, 3.05) is 20.3 Å². The van der Waals surface area contributed by atoms with Gasteiger partial charge in [-0.3, -0.25) is 0 Å². The van der Waals surface area contributed by atoms with Gasteiger partial charge in [0.25, 0.3) is 0 Å². The minimum absolute atomic E-state index is 0.639. The number of hydrogen-bond acceptors (Lipinski definition) is 4. The SMILES string of the molecule is COc1c(C(O)c2ccc3c(c2)CCCO3)cc(Br)c2c1CCO2. The number of fused-ring (bicyclic) bond motifs is 2. The van der Waals surface area contributed by atoms with Crippen LogP contribution in [0.4, 0.5) is 0 Å². The summed E-state index contributed by atoms with van der Waals surface area (Å²) in [6, 6.07) is 7.80. The van der Waals surface area contributed by atoms with Crippen LogP contribution in [0.15, 0.2) is 28.7 Å². The molecule has 1 N–H and O–H groups in total. The number of hydrogen-bond donors (Lipinski definition) is 1. The zero-order valence-corrected chi connectivity index (χ0v) is 15.1. The molecule has 2 aromatic carbocycles. The summed E-state index contributed by atoms with van der Waals surface area (Å²) in [5.41, 5.74) is 3.77. The van der Waals surface area contributed by atoms with Crippen LogP contribution in [0.5, 0.6) is 17.2 Å². The molecule has 0 amide bonds. The van der Waals surface area contributed by atoms with E-state index in [-0.39, 0.29) is 0 Å². The zero-order valence-electron chi connectivity index (χ0n) is 13.5. The number of benzene rings is 2. The molecule has 5 heteroatoms. The Kier molecular flexibility index (Phi) is 4.14. The van der Waals surface area contributed by atoms with E-state index in [1.807, 2.05) is 24.3 Å². The predicted octanol–water partition coefficient (Wildman–Crippen LogP) is 3.80. The van der Waals surface area contributed by atoms with Crippen molar-refractivity contribution in [1.82, 2.24) is 0 Å². The van der Waals surface area contributed by atoms with Crippen molar-refractivity contribution in [3.05, 3.63) is 51.0 Å². The fraction of sp³-hybridized carbons (Fsp3) is 0.368. The number of aryl methyl sites for hydroxylation is 1. The average molecular weight is 391 g/mol. The van der Waals surface area contributed by atoms with Crippen LogP contribution in [0, 0.1) is 0 Å². The second kappa shape index (κ2) is 6.30. The third-order valence-corrected chi connectivity index (χ3v) is 5.24. The topological polar surface area (TPSA) is 47.9 Å². The van der Waals surface area contributed by atoms with Crippen LogP contribution in [-0.4, -0.2) is 25.4 Å². The van der Waals surface area contributed by atoms with Gasteiger partial charge in [0.2, 0.25) is 0 Å². The Bertz CT molecular complexity index is 787. The van der Waals surface area contributed by atoms with Crippen molar-refractivity contribution in [3.63, 3.8) is 0 Å². The number of methoxy groups -OCH3 is 1. The number of ether oxygens (including phenoxy) is 3. The van der Waals surface area contributed by atoms with Gasteiger partial charge in [0.1, 0.15) is 23.4 Å². The van der Waals surface area contributed by atoms with Crippen LogP contribution in [0.3, 0.4) is 0 Å². The van der Waals surface area contributed by atoms with E-state index in [1.165, 1.54) is 0 Å². The molecule has 0 saturated carbocycles. The maximum Gasteiger partial charge on any atom is 0.140 e. The second-order valence-electron chi connectivity index (χ2n) is 6.11. The molecule has 2 aromatic rings. The Morgan fingerprint density at radius 3 is 2.88 bits per heavy atom. The monoisotopic (exact) mass is 390 g/mol. The van der Waals surface area contributed by atoms with Crippen LogP contribution in [0.2, 0.25) is 0 Å². The highest BCUT2D eigenvalue weighted by Crippen LogP contribution is 2.45. The lowest BCUT2D eigenvalue weighted by molar-refractivity contribution is 0.213. The molecule has 0 saturated heterocycles. The summed E-state index contributed by atoms with van der Waals surface area (Å²) in [7, 11) is 1.64. The second-order valence-corrected chi connectivity index (χ2v) is 6.96. The van der Waals surface area contributed by atoms with Gasteiger partial charge in [0.05, 0.1) is 24.8 Å². The lowest BCUT2D eigenvalue weighted by Gasteiger charge is -2.21. The molecule has 0 fully saturated rings. The van der Waals surface area contributed by atoms with Gasteiger partial charge < -0.3 is 19.3 Å². The normalized spacial score (nSPS) is 16.6. The summed E-state index contributed by atoms with van der Waals surface area (Å²) in [5.74, 6) is 2.46. The van der Waals surface area contributed by atoms with E-state index in [1.54, 1.807) is 7.11 Å². The van der Waals surface area contributed by atoms with Crippen molar-refractivity contribution in [1.29, 1.82) is 0 Å². The average Bonchev–Trinajstić information content (AvgIpc) is 3.11. The minimum atomic E-state index is -0.755. The zero-order chi connectivity index (χ0) is 16.7. The first-order valence-corrected chi connectivity index (χ1v) is 8.94. The van der Waals surface area contributed by atoms with Crippen molar-refractivity contribution in [2.45, 2.75) is 25.4 Å². The lowest BCUT2D eigenvalue weighted by Crippen LogP contribution is -2.10. The lowest BCUT2D eigenvalue weighted by atomic mass is 9.94. The maximum absolute atomic E-state index is 11.0. The van der Waals surface area contributed by atoms with E-state index in [9.17, 15) is 5.11 Å². The molecule has 4 rings (SSSR count). The molecule has 24 heavy (non-hydrogen) atoms. The van der Waals surface area contributed by atoms with Gasteiger partial charge in [-0.15, -0.1) is 0 Å². The first-order chi connectivity index (χ1) is 11.7. The molecule has 0 aliphatic carbocycles. The number of aliphatic hydroxyl groups excluding tert-OH is 1. The third-order valence-electron chi connectivity index (χ3n) is 4.65. The molecule has 1 unspecified atom stereocenters. The Labute approximate surface area is 149 Å². The smallest absolute Gasteiger partial charge is 0.140 e. The first-order valence-electron chi connectivity index (χ1n) is 8.14. The molecule has 126 valence electrons. The van der Waals surface area contributed by atoms with E-state index < -0.39 is 6.10 Å². The van der Waals surface area contributed by atoms with Crippen LogP contribution in [0.1, 0.15) is 34.8 Å². The molecule has 0 radical (unpaired) electrons. The summed E-state index contributed by atoms with van der Waals surface area (Å²) in [5, 5.41) is 11.0. The summed E-state index contributed by atoms with van der Waals surface area (Å²) in [6.45, 7) is 1.40. The number of aliphatic hydroxyl groups is 1. The Morgan fingerprint density at radius 1 is 1.17 bits per heavy atom. The molecule has 4 nitrogen and oxygen atoms in total. The highest BCUT2D eigenvalue weighted by molar-refractivity contribution is 9.10. The van der Waals surface area contributed by atoms with Gasteiger partial charge >= 0.3 is 0 Å². The van der Waals surface area contributed by atoms with E-state index in [0.29, 0.717) is 12.4 Å². The highest BCUT2D eigenvalue weighted by Gasteiger charge is 2.27. The van der Waals surface area contributed by atoms with Crippen LogP contribution < -0.4 is 14.2 Å². The van der Waals surface area contributed by atoms with Crippen molar-refractivity contribution in [2.24, 2.45) is 0 Å². The van der Waals surface area contributed by atoms with Gasteiger partial charge in [0.15, 0.2) is 0 Å². The van der Waals surface area contributed by atoms with Crippen LogP contribution in [0.25, 0.3) is 0 Å². The largest absolute Gasteiger partial charge is 0.496 e. The van der Waals surface area contributed by atoms with Gasteiger partial charge in [0, 0.05) is 17.5 Å². The predicted molar refractivity (Wildman–Crippen MR) is 94.2 cm³/mol. The standard InChI is InChI=1S/C19H19BrO4/c1-22-18-13-6-8-24-19(13)15(20)10-14(18)17(21)12-4-5-16-11(9-12)3-2-7-23-16/h4-5,9-10,17,21H,2-3,6-8H2,1H3. The van der Waals surface area contributed by atoms with Gasteiger partial charge in [-0.1, -0.05) is 6.07 Å². The van der Waals surface area contributed by atoms with E-state index in [2.05, 4.69) is 15.9 Å². The quantitative estimate of drug-likeness (QED) is 0.865. The van der Waals surface area contributed by atoms with Gasteiger partial charge in [-0.2, -0.15) is 0 Å². The fourth-order valence-corrected chi connectivity index (χ4v) is 4.10. The van der Waals surface area contributed by atoms with E-state index in [0.717, 1.165) is 64.1 Å². The highest BCUT2D eigenvalue weighted by atomic mass is 79.9. The van der Waals surface area contributed by atoms with Crippen LogP contribution in [-0.2, 0) is 12.8 Å². The fourth-order valence-electron chi connectivity index (χ4n) is 3.50. The van der Waals surface area contributed by atoms with Crippen molar-refractivity contribution < 1.29 is 19.3 Å². The van der Waals surface area contributed by atoms with Crippen molar-refractivity contribution in [3.8, 4) is 17.2 Å². The summed E-state index contributed by atoms with van der Waals surface area (Å²) < 4.78 is 17.8. The third kappa shape index (κ3) is 2.56. The molecule has 2 aliphatic heterocycles. The van der Waals surface area contributed by atoms with E-state index >= 15 is 0 Å². The van der Waals surface area contributed by atoms with Gasteiger partial charge in [-0.05, 0) is 58.1 Å². The Morgan fingerprint density at radius 2 is 2.04 bits per heavy atom. The summed E-state index contributed by atoms with van der Waals surface area (Å²) >= 11 is 3.55. The maximum atomic E-state index is 11.0. The molecule has 0 spiro atoms. The van der Waals surface area contributed by atoms with Gasteiger partial charge in [-0.25, -0.2) is 0 Å². The van der Waals surface area contributed by atoms with E-state index in [4.69, 9.17) is 14.2 Å². The molecule has 0 aromatic heterocycles. The minimum Gasteiger partial charge on any atom is -0.496 e. The number of rotatable bonds is 3. The molecular formula is C19H19BrO4. The molecular weight excluding hydrogens is 372 g/mol. The summed E-state index contributed by atoms with van der Waals surface area (Å²) in [6.07, 6.45) is 2.02. The van der Waals surface area contributed by atoms with Crippen LogP contribution >= 0.6 is 15.9 Å². The van der Waals surface area contributed by atoms with Crippen molar-refractivity contribution >= 4 is 15.9 Å². The molecule has 0 bridgehead atoms. The Balaban J connectivity index is 1.77. The summed E-state index contributed by atoms with van der Waals surface area (Å²) in [4.78, 5) is 0. The number of halogens is 1. The molecule has 2 heterocycles. The molecule has 1 atom stereocenters. The first kappa shape index (κ1) is 15.8. The Hall–Kier alpha value is -1.72.